The molecule has 1 aromatic carbocycles. The molecular weight excluding hydrogens is 312 g/mol. The number of rotatable bonds is 8. The second-order valence-electron chi connectivity index (χ2n) is 5.24. The van der Waals surface area contributed by atoms with Crippen molar-refractivity contribution in [3.8, 4) is 0 Å². The Kier molecular flexibility index (Phi) is 6.28. The first-order chi connectivity index (χ1) is 11.6. The van der Waals surface area contributed by atoms with Crippen LogP contribution in [0.25, 0.3) is 10.9 Å². The standard InChI is InChI=1S/C16H22N4O4/c1-3-20-15(22)12-5-4-11(10-13(12)19-16(20)23)14(21)18-7-6-17-8-9-24-2/h4-5,10,17H,3,6-9H2,1-2H3,(H,18,21)(H,19,23). The molecule has 0 atom stereocenters. The van der Waals surface area contributed by atoms with Crippen LogP contribution < -0.4 is 21.9 Å². The average molecular weight is 334 g/mol. The van der Waals surface area contributed by atoms with Crippen LogP contribution >= 0.6 is 0 Å². The largest absolute Gasteiger partial charge is 0.383 e. The van der Waals surface area contributed by atoms with E-state index in [2.05, 4.69) is 15.6 Å². The first kappa shape index (κ1) is 17.9. The molecule has 0 unspecified atom stereocenters. The van der Waals surface area contributed by atoms with Crippen molar-refractivity contribution in [2.24, 2.45) is 0 Å². The molecule has 0 spiro atoms. The van der Waals surface area contributed by atoms with Gasteiger partial charge in [0.05, 0.1) is 17.5 Å². The molecule has 0 saturated heterocycles. The van der Waals surface area contributed by atoms with E-state index in [1.165, 1.54) is 6.07 Å². The smallest absolute Gasteiger partial charge is 0.328 e. The number of carbonyl (C=O) groups excluding carboxylic acids is 1. The van der Waals surface area contributed by atoms with Crippen LogP contribution in [0.15, 0.2) is 27.8 Å². The zero-order valence-corrected chi connectivity index (χ0v) is 13.8. The molecule has 3 N–H and O–H groups in total. The van der Waals surface area contributed by atoms with Gasteiger partial charge in [0.15, 0.2) is 0 Å². The van der Waals surface area contributed by atoms with E-state index in [9.17, 15) is 14.4 Å². The fraction of sp³-hybridized carbons (Fsp3) is 0.438. The van der Waals surface area contributed by atoms with Crippen LogP contribution in [0.1, 0.15) is 17.3 Å². The van der Waals surface area contributed by atoms with Gasteiger partial charge in [-0.15, -0.1) is 0 Å². The quantitative estimate of drug-likeness (QED) is 0.574. The van der Waals surface area contributed by atoms with E-state index < -0.39 is 5.69 Å². The van der Waals surface area contributed by atoms with Crippen LogP contribution in [0.3, 0.4) is 0 Å². The van der Waals surface area contributed by atoms with E-state index in [4.69, 9.17) is 4.74 Å². The third-order valence-corrected chi connectivity index (χ3v) is 3.63. The highest BCUT2D eigenvalue weighted by atomic mass is 16.5. The highest BCUT2D eigenvalue weighted by molar-refractivity contribution is 5.97. The monoisotopic (exact) mass is 334 g/mol. The Bertz CT molecular complexity index is 825. The molecule has 0 aliphatic rings. The third-order valence-electron chi connectivity index (χ3n) is 3.63. The number of amides is 1. The molecule has 1 amide bonds. The Morgan fingerprint density at radius 1 is 1.25 bits per heavy atom. The van der Waals surface area contributed by atoms with Gasteiger partial charge in [0.1, 0.15) is 0 Å². The van der Waals surface area contributed by atoms with Crippen molar-refractivity contribution >= 4 is 16.8 Å². The highest BCUT2D eigenvalue weighted by Gasteiger charge is 2.10. The van der Waals surface area contributed by atoms with Gasteiger partial charge in [-0.2, -0.15) is 0 Å². The lowest BCUT2D eigenvalue weighted by atomic mass is 10.1. The second kappa shape index (κ2) is 8.42. The number of hydrogen-bond donors (Lipinski definition) is 3. The van der Waals surface area contributed by atoms with Gasteiger partial charge < -0.3 is 20.4 Å². The first-order valence-corrected chi connectivity index (χ1v) is 7.83. The number of benzene rings is 1. The molecule has 0 bridgehead atoms. The van der Waals surface area contributed by atoms with E-state index in [0.29, 0.717) is 49.3 Å². The van der Waals surface area contributed by atoms with Crippen LogP contribution in [0.4, 0.5) is 0 Å². The lowest BCUT2D eigenvalue weighted by Crippen LogP contribution is -2.35. The number of fused-ring (bicyclic) bond motifs is 1. The zero-order valence-electron chi connectivity index (χ0n) is 13.8. The van der Waals surface area contributed by atoms with Gasteiger partial charge >= 0.3 is 5.69 Å². The number of nitrogens with zero attached hydrogens (tertiary/aromatic N) is 1. The van der Waals surface area contributed by atoms with E-state index >= 15 is 0 Å². The molecule has 8 nitrogen and oxygen atoms in total. The Balaban J connectivity index is 2.09. The topological polar surface area (TPSA) is 105 Å². The zero-order chi connectivity index (χ0) is 17.5. The van der Waals surface area contributed by atoms with Crippen LogP contribution in [0, 0.1) is 0 Å². The molecule has 0 saturated carbocycles. The first-order valence-electron chi connectivity index (χ1n) is 7.83. The summed E-state index contributed by atoms with van der Waals surface area (Å²) in [6, 6.07) is 4.66. The number of H-pyrrole nitrogens is 1. The highest BCUT2D eigenvalue weighted by Crippen LogP contribution is 2.09. The van der Waals surface area contributed by atoms with Gasteiger partial charge in [0.25, 0.3) is 11.5 Å². The van der Waals surface area contributed by atoms with Gasteiger partial charge in [-0.05, 0) is 25.1 Å². The van der Waals surface area contributed by atoms with Crippen molar-refractivity contribution < 1.29 is 9.53 Å². The summed E-state index contributed by atoms with van der Waals surface area (Å²) < 4.78 is 6.03. The molecule has 0 aliphatic heterocycles. The molecule has 8 heteroatoms. The molecule has 0 fully saturated rings. The van der Waals surface area contributed by atoms with Crippen molar-refractivity contribution in [3.63, 3.8) is 0 Å². The van der Waals surface area contributed by atoms with Crippen molar-refractivity contribution in [1.82, 2.24) is 20.2 Å². The average Bonchev–Trinajstić information content (AvgIpc) is 2.57. The van der Waals surface area contributed by atoms with Gasteiger partial charge in [-0.25, -0.2) is 4.79 Å². The molecule has 1 heterocycles. The van der Waals surface area contributed by atoms with Gasteiger partial charge in [-0.1, -0.05) is 0 Å². The Morgan fingerprint density at radius 3 is 2.75 bits per heavy atom. The minimum absolute atomic E-state index is 0.258. The fourth-order valence-electron chi connectivity index (χ4n) is 2.35. The van der Waals surface area contributed by atoms with Gasteiger partial charge in [0, 0.05) is 38.9 Å². The molecule has 2 rings (SSSR count). The summed E-state index contributed by atoms with van der Waals surface area (Å²) in [4.78, 5) is 38.8. The summed E-state index contributed by atoms with van der Waals surface area (Å²) in [7, 11) is 1.63. The lowest BCUT2D eigenvalue weighted by molar-refractivity contribution is 0.0954. The van der Waals surface area contributed by atoms with E-state index in [0.717, 1.165) is 4.57 Å². The summed E-state index contributed by atoms with van der Waals surface area (Å²) in [5.41, 5.74) is -0.0790. The SMILES string of the molecule is CCn1c(=O)[nH]c2cc(C(=O)NCCNCCOC)ccc2c1=O. The van der Waals surface area contributed by atoms with Crippen molar-refractivity contribution in [2.75, 3.05) is 33.4 Å². The molecule has 1 aromatic heterocycles. The molecule has 2 aromatic rings. The maximum atomic E-state index is 12.2. The van der Waals surface area contributed by atoms with Crippen LogP contribution in [-0.2, 0) is 11.3 Å². The van der Waals surface area contributed by atoms with E-state index in [1.54, 1.807) is 26.2 Å². The normalized spacial score (nSPS) is 10.9. The number of aromatic nitrogens is 2. The molecular formula is C16H22N4O4. The molecule has 130 valence electrons. The summed E-state index contributed by atoms with van der Waals surface area (Å²) in [6.45, 7) is 4.44. The van der Waals surface area contributed by atoms with Crippen LogP contribution in [-0.4, -0.2) is 48.8 Å². The molecule has 0 aliphatic carbocycles. The molecule has 0 radical (unpaired) electrons. The summed E-state index contributed by atoms with van der Waals surface area (Å²) in [6.07, 6.45) is 0. The predicted octanol–water partition coefficient (Wildman–Crippen LogP) is -0.324. The predicted molar refractivity (Wildman–Crippen MR) is 91.6 cm³/mol. The van der Waals surface area contributed by atoms with Crippen LogP contribution in [0.5, 0.6) is 0 Å². The summed E-state index contributed by atoms with van der Waals surface area (Å²) >= 11 is 0. The molecule has 24 heavy (non-hydrogen) atoms. The van der Waals surface area contributed by atoms with E-state index in [1.807, 2.05) is 0 Å². The number of aromatic amines is 1. The maximum Gasteiger partial charge on any atom is 0.328 e. The fourth-order valence-corrected chi connectivity index (χ4v) is 2.35. The summed E-state index contributed by atoms with van der Waals surface area (Å²) in [5, 5.41) is 6.28. The van der Waals surface area contributed by atoms with Crippen LogP contribution in [0.2, 0.25) is 0 Å². The van der Waals surface area contributed by atoms with Crippen molar-refractivity contribution in [2.45, 2.75) is 13.5 Å². The van der Waals surface area contributed by atoms with Gasteiger partial charge in [0.2, 0.25) is 0 Å². The third kappa shape index (κ3) is 4.09. The Morgan fingerprint density at radius 2 is 2.04 bits per heavy atom. The number of ether oxygens (including phenoxy) is 1. The Hall–Kier alpha value is -2.45. The van der Waals surface area contributed by atoms with Crippen molar-refractivity contribution in [1.29, 1.82) is 0 Å². The Labute approximate surface area is 138 Å². The minimum atomic E-state index is -0.477. The summed E-state index contributed by atoms with van der Waals surface area (Å²) in [5.74, 6) is -0.258. The van der Waals surface area contributed by atoms with Crippen molar-refractivity contribution in [3.05, 3.63) is 44.6 Å². The number of nitrogens with one attached hydrogen (secondary N) is 3. The minimum Gasteiger partial charge on any atom is -0.383 e. The lowest BCUT2D eigenvalue weighted by Gasteiger charge is -2.08. The number of hydrogen-bond acceptors (Lipinski definition) is 5. The van der Waals surface area contributed by atoms with E-state index in [-0.39, 0.29) is 11.5 Å². The number of methoxy groups -OCH3 is 1. The van der Waals surface area contributed by atoms with Gasteiger partial charge in [-0.3, -0.25) is 14.2 Å². The second-order valence-corrected chi connectivity index (χ2v) is 5.24. The maximum absolute atomic E-state index is 12.2. The number of carbonyl (C=O) groups is 1.